The molecular formula is C11H13N3S. The van der Waals surface area contributed by atoms with Crippen LogP contribution in [-0.4, -0.2) is 4.98 Å². The molecule has 0 aromatic carbocycles. The molecule has 78 valence electrons. The highest BCUT2D eigenvalue weighted by atomic mass is 32.1. The molecule has 0 radical (unpaired) electrons. The number of rotatable bonds is 4. The fraction of sp³-hybridized carbons (Fsp3) is 0.182. The Bertz CT molecular complexity index is 411. The molecule has 3 nitrogen and oxygen atoms in total. The second-order valence-electron chi connectivity index (χ2n) is 3.26. The molecule has 0 aliphatic heterocycles. The van der Waals surface area contributed by atoms with Gasteiger partial charge in [0.05, 0.1) is 0 Å². The Kier molecular flexibility index (Phi) is 3.32. The van der Waals surface area contributed by atoms with E-state index in [4.69, 9.17) is 5.73 Å². The maximum atomic E-state index is 5.78. The van der Waals surface area contributed by atoms with Gasteiger partial charge in [-0.05, 0) is 23.1 Å². The molecule has 0 aliphatic rings. The van der Waals surface area contributed by atoms with Crippen molar-refractivity contribution < 1.29 is 0 Å². The molecule has 2 aromatic rings. The third-order valence-corrected chi connectivity index (χ3v) is 3.05. The van der Waals surface area contributed by atoms with Crippen molar-refractivity contribution in [3.8, 4) is 0 Å². The van der Waals surface area contributed by atoms with Crippen molar-refractivity contribution >= 4 is 17.0 Å². The molecule has 0 atom stereocenters. The molecule has 3 N–H and O–H groups in total. The second-order valence-corrected chi connectivity index (χ2v) is 4.26. The SMILES string of the molecule is Nc1ccsc1CNCc1cccnc1. The van der Waals surface area contributed by atoms with Crippen molar-refractivity contribution in [3.63, 3.8) is 0 Å². The van der Waals surface area contributed by atoms with Crippen molar-refractivity contribution in [2.45, 2.75) is 13.1 Å². The largest absolute Gasteiger partial charge is 0.398 e. The molecule has 0 bridgehead atoms. The van der Waals surface area contributed by atoms with E-state index < -0.39 is 0 Å². The molecule has 2 aromatic heterocycles. The highest BCUT2D eigenvalue weighted by Crippen LogP contribution is 2.18. The van der Waals surface area contributed by atoms with E-state index in [1.165, 1.54) is 10.4 Å². The number of hydrogen-bond donors (Lipinski definition) is 2. The van der Waals surface area contributed by atoms with Gasteiger partial charge in [-0.25, -0.2) is 0 Å². The smallest absolute Gasteiger partial charge is 0.0468 e. The maximum Gasteiger partial charge on any atom is 0.0468 e. The fourth-order valence-corrected chi connectivity index (χ4v) is 2.09. The molecule has 15 heavy (non-hydrogen) atoms. The highest BCUT2D eigenvalue weighted by molar-refractivity contribution is 7.10. The zero-order valence-corrected chi connectivity index (χ0v) is 9.13. The van der Waals surface area contributed by atoms with E-state index in [1.54, 1.807) is 17.5 Å². The van der Waals surface area contributed by atoms with E-state index in [2.05, 4.69) is 16.4 Å². The number of thiophene rings is 1. The van der Waals surface area contributed by atoms with Crippen LogP contribution in [0.3, 0.4) is 0 Å². The quantitative estimate of drug-likeness (QED) is 0.827. The summed E-state index contributed by atoms with van der Waals surface area (Å²) in [5.41, 5.74) is 7.84. The van der Waals surface area contributed by atoms with E-state index in [1.807, 2.05) is 23.7 Å². The number of nitrogens with zero attached hydrogens (tertiary/aromatic N) is 1. The summed E-state index contributed by atoms with van der Waals surface area (Å²) in [6.45, 7) is 1.64. The number of nitrogens with one attached hydrogen (secondary N) is 1. The summed E-state index contributed by atoms with van der Waals surface area (Å²) >= 11 is 1.68. The van der Waals surface area contributed by atoms with Crippen LogP contribution in [0.15, 0.2) is 36.0 Å². The van der Waals surface area contributed by atoms with Gasteiger partial charge in [0.1, 0.15) is 0 Å². The minimum Gasteiger partial charge on any atom is -0.398 e. The van der Waals surface area contributed by atoms with Gasteiger partial charge < -0.3 is 11.1 Å². The van der Waals surface area contributed by atoms with Crippen LogP contribution in [-0.2, 0) is 13.1 Å². The average Bonchev–Trinajstić information content (AvgIpc) is 2.66. The second kappa shape index (κ2) is 4.91. The zero-order valence-electron chi connectivity index (χ0n) is 8.31. The van der Waals surface area contributed by atoms with Gasteiger partial charge in [-0.15, -0.1) is 11.3 Å². The lowest BCUT2D eigenvalue weighted by Crippen LogP contribution is -2.12. The third kappa shape index (κ3) is 2.78. The number of nitrogen functional groups attached to an aromatic ring is 1. The highest BCUT2D eigenvalue weighted by Gasteiger charge is 1.99. The van der Waals surface area contributed by atoms with Crippen LogP contribution in [0.2, 0.25) is 0 Å². The summed E-state index contributed by atoms with van der Waals surface area (Å²) < 4.78 is 0. The molecule has 2 heterocycles. The number of nitrogens with two attached hydrogens (primary N) is 1. The first-order valence-electron chi connectivity index (χ1n) is 4.78. The van der Waals surface area contributed by atoms with Gasteiger partial charge >= 0.3 is 0 Å². The third-order valence-electron chi connectivity index (χ3n) is 2.12. The van der Waals surface area contributed by atoms with E-state index in [-0.39, 0.29) is 0 Å². The molecule has 0 saturated heterocycles. The van der Waals surface area contributed by atoms with Crippen molar-refractivity contribution in [2.75, 3.05) is 5.73 Å². The van der Waals surface area contributed by atoms with Gasteiger partial charge in [-0.3, -0.25) is 4.98 Å². The van der Waals surface area contributed by atoms with Crippen LogP contribution in [0.25, 0.3) is 0 Å². The maximum absolute atomic E-state index is 5.78. The molecule has 0 saturated carbocycles. The number of pyridine rings is 1. The van der Waals surface area contributed by atoms with Gasteiger partial charge in [-0.1, -0.05) is 6.07 Å². The Hall–Kier alpha value is -1.39. The predicted octanol–water partition coefficient (Wildman–Crippen LogP) is 2.02. The van der Waals surface area contributed by atoms with Crippen LogP contribution in [0, 0.1) is 0 Å². The molecule has 0 unspecified atom stereocenters. The lowest BCUT2D eigenvalue weighted by atomic mass is 10.3. The lowest BCUT2D eigenvalue weighted by Gasteiger charge is -2.03. The van der Waals surface area contributed by atoms with Gasteiger partial charge in [0.2, 0.25) is 0 Å². The Balaban J connectivity index is 1.83. The van der Waals surface area contributed by atoms with Crippen molar-refractivity contribution in [2.24, 2.45) is 0 Å². The van der Waals surface area contributed by atoms with Gasteiger partial charge in [0, 0.05) is 36.0 Å². The molecule has 2 rings (SSSR count). The standard InChI is InChI=1S/C11H13N3S/c12-10-3-5-15-11(10)8-14-7-9-2-1-4-13-6-9/h1-6,14H,7-8,12H2. The van der Waals surface area contributed by atoms with E-state index in [0.29, 0.717) is 0 Å². The van der Waals surface area contributed by atoms with Crippen molar-refractivity contribution in [1.82, 2.24) is 10.3 Å². The lowest BCUT2D eigenvalue weighted by molar-refractivity contribution is 0.700. The number of anilines is 1. The molecular weight excluding hydrogens is 206 g/mol. The monoisotopic (exact) mass is 219 g/mol. The van der Waals surface area contributed by atoms with Crippen LogP contribution < -0.4 is 11.1 Å². The first-order valence-corrected chi connectivity index (χ1v) is 5.65. The minimum absolute atomic E-state index is 0.818. The number of aromatic nitrogens is 1. The van der Waals surface area contributed by atoms with Gasteiger partial charge in [-0.2, -0.15) is 0 Å². The van der Waals surface area contributed by atoms with Gasteiger partial charge in [0.15, 0.2) is 0 Å². The van der Waals surface area contributed by atoms with Crippen LogP contribution in [0.1, 0.15) is 10.4 Å². The fourth-order valence-electron chi connectivity index (χ4n) is 1.32. The summed E-state index contributed by atoms with van der Waals surface area (Å²) in [5, 5.41) is 5.35. The van der Waals surface area contributed by atoms with Crippen LogP contribution >= 0.6 is 11.3 Å². The van der Waals surface area contributed by atoms with E-state index in [0.717, 1.165) is 18.8 Å². The first-order chi connectivity index (χ1) is 7.36. The summed E-state index contributed by atoms with van der Waals surface area (Å²) in [7, 11) is 0. The first kappa shape index (κ1) is 10.1. The van der Waals surface area contributed by atoms with E-state index in [9.17, 15) is 0 Å². The van der Waals surface area contributed by atoms with E-state index >= 15 is 0 Å². The molecule has 0 aliphatic carbocycles. The summed E-state index contributed by atoms with van der Waals surface area (Å²) in [4.78, 5) is 5.25. The molecule has 0 spiro atoms. The normalized spacial score (nSPS) is 10.4. The number of hydrogen-bond acceptors (Lipinski definition) is 4. The van der Waals surface area contributed by atoms with Crippen molar-refractivity contribution in [3.05, 3.63) is 46.4 Å². The summed E-state index contributed by atoms with van der Waals surface area (Å²) in [5.74, 6) is 0. The zero-order chi connectivity index (χ0) is 10.5. The average molecular weight is 219 g/mol. The van der Waals surface area contributed by atoms with Crippen molar-refractivity contribution in [1.29, 1.82) is 0 Å². The summed E-state index contributed by atoms with van der Waals surface area (Å²) in [6, 6.07) is 5.93. The Labute approximate surface area is 93.0 Å². The Morgan fingerprint density at radius 3 is 2.93 bits per heavy atom. The Morgan fingerprint density at radius 2 is 2.27 bits per heavy atom. The molecule has 0 fully saturated rings. The van der Waals surface area contributed by atoms with Gasteiger partial charge in [0.25, 0.3) is 0 Å². The van der Waals surface area contributed by atoms with Crippen LogP contribution in [0.4, 0.5) is 5.69 Å². The predicted molar refractivity (Wildman–Crippen MR) is 63.5 cm³/mol. The molecule has 4 heteroatoms. The minimum atomic E-state index is 0.818. The Morgan fingerprint density at radius 1 is 1.33 bits per heavy atom. The molecule has 0 amide bonds. The topological polar surface area (TPSA) is 50.9 Å². The summed E-state index contributed by atoms with van der Waals surface area (Å²) in [6.07, 6.45) is 3.64. The van der Waals surface area contributed by atoms with Crippen LogP contribution in [0.5, 0.6) is 0 Å².